The highest BCUT2D eigenvalue weighted by Gasteiger charge is 2.46. The van der Waals surface area contributed by atoms with Gasteiger partial charge in [-0.2, -0.15) is 0 Å². The lowest BCUT2D eigenvalue weighted by molar-refractivity contribution is 0.376. The molecule has 0 radical (unpaired) electrons. The van der Waals surface area contributed by atoms with Gasteiger partial charge in [-0.05, 0) is 58.4 Å². The average Bonchev–Trinajstić information content (AvgIpc) is 2.89. The third-order valence-electron chi connectivity index (χ3n) is 8.27. The fourth-order valence-corrected chi connectivity index (χ4v) is 9.03. The van der Waals surface area contributed by atoms with E-state index in [1.807, 2.05) is 0 Å². The molecule has 2 fully saturated rings. The number of benzene rings is 4. The first-order chi connectivity index (χ1) is 16.3. The lowest BCUT2D eigenvalue weighted by Gasteiger charge is -2.48. The number of hydrogen-bond acceptors (Lipinski definition) is 1. The van der Waals surface area contributed by atoms with Crippen molar-refractivity contribution in [3.8, 4) is 0 Å². The van der Waals surface area contributed by atoms with Gasteiger partial charge in [0.1, 0.15) is 0 Å². The van der Waals surface area contributed by atoms with Gasteiger partial charge >= 0.3 is 0 Å². The van der Waals surface area contributed by atoms with E-state index in [1.54, 1.807) is 11.1 Å². The van der Waals surface area contributed by atoms with Crippen LogP contribution in [0.25, 0.3) is 21.5 Å². The van der Waals surface area contributed by atoms with Gasteiger partial charge in [0.05, 0.1) is 0 Å². The molecule has 0 N–H and O–H groups in total. The molecule has 0 heterocycles. The number of thioether (sulfide) groups is 1. The molecule has 0 amide bonds. The molecule has 1 heteroatoms. The molecule has 4 aromatic rings. The minimum Gasteiger partial charge on any atom is -0.139 e. The van der Waals surface area contributed by atoms with Crippen molar-refractivity contribution in [3.63, 3.8) is 0 Å². The second kappa shape index (κ2) is 8.84. The predicted molar refractivity (Wildman–Crippen MR) is 145 cm³/mol. The Hall–Kier alpha value is -2.25. The molecule has 0 saturated heterocycles. The van der Waals surface area contributed by atoms with E-state index in [0.717, 1.165) is 0 Å². The van der Waals surface area contributed by atoms with Crippen molar-refractivity contribution < 1.29 is 0 Å². The van der Waals surface area contributed by atoms with Gasteiger partial charge in [0, 0.05) is 9.49 Å². The van der Waals surface area contributed by atoms with Crippen LogP contribution >= 0.6 is 11.8 Å². The number of hydrogen-bond donors (Lipinski definition) is 0. The van der Waals surface area contributed by atoms with Gasteiger partial charge in [-0.25, -0.2) is 0 Å². The van der Waals surface area contributed by atoms with Gasteiger partial charge < -0.3 is 0 Å². The summed E-state index contributed by atoms with van der Waals surface area (Å²) in [5.41, 5.74) is 3.19. The Balaban J connectivity index is 1.54. The zero-order valence-electron chi connectivity index (χ0n) is 19.6. The first-order valence-corrected chi connectivity index (χ1v) is 13.8. The van der Waals surface area contributed by atoms with E-state index in [2.05, 4.69) is 96.7 Å². The Bertz CT molecular complexity index is 1150. The van der Waals surface area contributed by atoms with Crippen LogP contribution in [0.5, 0.6) is 0 Å². The summed E-state index contributed by atoms with van der Waals surface area (Å²) in [7, 11) is 0. The molecule has 6 rings (SSSR count). The first kappa shape index (κ1) is 21.3. The fourth-order valence-electron chi connectivity index (χ4n) is 6.72. The van der Waals surface area contributed by atoms with Crippen molar-refractivity contribution in [2.45, 2.75) is 73.7 Å². The number of rotatable bonds is 4. The Morgan fingerprint density at radius 3 is 1.27 bits per heavy atom. The maximum absolute atomic E-state index is 2.46. The van der Waals surface area contributed by atoms with Crippen LogP contribution in [0.15, 0.2) is 84.9 Å². The minimum absolute atomic E-state index is 0.202. The van der Waals surface area contributed by atoms with E-state index in [4.69, 9.17) is 0 Å². The molecule has 0 nitrogen and oxygen atoms in total. The lowest BCUT2D eigenvalue weighted by atomic mass is 9.80. The molecule has 0 bridgehead atoms. The van der Waals surface area contributed by atoms with Crippen LogP contribution in [-0.2, 0) is 9.49 Å². The molecule has 0 aliphatic heterocycles. The van der Waals surface area contributed by atoms with Gasteiger partial charge in [-0.15, -0.1) is 11.8 Å². The third kappa shape index (κ3) is 3.79. The van der Waals surface area contributed by atoms with Crippen molar-refractivity contribution in [2.75, 3.05) is 0 Å². The van der Waals surface area contributed by atoms with Crippen molar-refractivity contribution in [3.05, 3.63) is 96.1 Å². The van der Waals surface area contributed by atoms with E-state index < -0.39 is 0 Å². The van der Waals surface area contributed by atoms with Gasteiger partial charge in [0.2, 0.25) is 0 Å². The van der Waals surface area contributed by atoms with Crippen molar-refractivity contribution >= 4 is 33.3 Å². The van der Waals surface area contributed by atoms with E-state index in [-0.39, 0.29) is 9.49 Å². The normalized spacial score (nSPS) is 20.1. The predicted octanol–water partition coefficient (Wildman–Crippen LogP) is 9.75. The summed E-state index contributed by atoms with van der Waals surface area (Å²) in [4.78, 5) is 0. The van der Waals surface area contributed by atoms with Crippen LogP contribution in [0.3, 0.4) is 0 Å². The molecule has 0 aromatic heterocycles. The average molecular weight is 451 g/mol. The van der Waals surface area contributed by atoms with Crippen LogP contribution in [0.2, 0.25) is 0 Å². The van der Waals surface area contributed by atoms with Crippen molar-refractivity contribution in [2.24, 2.45) is 0 Å². The van der Waals surface area contributed by atoms with E-state index in [0.29, 0.717) is 0 Å². The Morgan fingerprint density at radius 2 is 0.818 bits per heavy atom. The topological polar surface area (TPSA) is 0 Å². The molecule has 33 heavy (non-hydrogen) atoms. The van der Waals surface area contributed by atoms with Crippen LogP contribution in [0.1, 0.15) is 75.3 Å². The Labute approximate surface area is 202 Å². The zero-order chi connectivity index (χ0) is 22.1. The summed E-state index contributed by atoms with van der Waals surface area (Å²) in [6.45, 7) is 0. The van der Waals surface area contributed by atoms with E-state index in [9.17, 15) is 0 Å². The van der Waals surface area contributed by atoms with Crippen LogP contribution < -0.4 is 0 Å². The van der Waals surface area contributed by atoms with Crippen LogP contribution in [0.4, 0.5) is 0 Å². The molecular weight excluding hydrogens is 416 g/mol. The summed E-state index contributed by atoms with van der Waals surface area (Å²) in [5, 5.41) is 5.73. The summed E-state index contributed by atoms with van der Waals surface area (Å²) < 4.78 is 0.404. The highest BCUT2D eigenvalue weighted by molar-refractivity contribution is 8.01. The van der Waals surface area contributed by atoms with Gasteiger partial charge in [0.25, 0.3) is 0 Å². The molecule has 2 aliphatic carbocycles. The third-order valence-corrected chi connectivity index (χ3v) is 10.3. The standard InChI is InChI=1S/C32H34S/c1-7-21-31(22-8-1,29-19-11-15-25-13-3-5-17-27(25)29)33-32(23-9-2-10-24-32)30-20-12-16-26-14-4-6-18-28(26)30/h3-6,11-20H,1-2,7-10,21-24H2. The monoisotopic (exact) mass is 450 g/mol. The summed E-state index contributed by atoms with van der Waals surface area (Å²) >= 11 is 2.37. The molecule has 0 unspecified atom stereocenters. The van der Waals surface area contributed by atoms with Crippen molar-refractivity contribution in [1.82, 2.24) is 0 Å². The molecule has 0 spiro atoms. The molecule has 0 atom stereocenters. The zero-order valence-corrected chi connectivity index (χ0v) is 20.4. The van der Waals surface area contributed by atoms with Gasteiger partial charge in [-0.1, -0.05) is 123 Å². The van der Waals surface area contributed by atoms with E-state index >= 15 is 0 Å². The highest BCUT2D eigenvalue weighted by Crippen LogP contribution is 2.61. The Morgan fingerprint density at radius 1 is 0.424 bits per heavy atom. The second-order valence-electron chi connectivity index (χ2n) is 10.3. The van der Waals surface area contributed by atoms with Crippen LogP contribution in [-0.4, -0.2) is 0 Å². The van der Waals surface area contributed by atoms with Gasteiger partial charge in [-0.3, -0.25) is 0 Å². The fraction of sp³-hybridized carbons (Fsp3) is 0.375. The maximum Gasteiger partial charge on any atom is 0.0423 e. The van der Waals surface area contributed by atoms with E-state index in [1.165, 1.54) is 85.8 Å². The summed E-state index contributed by atoms with van der Waals surface area (Å²) in [6, 6.07) is 32.3. The molecular formula is C32H34S. The van der Waals surface area contributed by atoms with Gasteiger partial charge in [0.15, 0.2) is 0 Å². The Kier molecular flexibility index (Phi) is 5.70. The molecule has 168 valence electrons. The highest BCUT2D eigenvalue weighted by atomic mass is 32.2. The lowest BCUT2D eigenvalue weighted by Crippen LogP contribution is -2.35. The second-order valence-corrected chi connectivity index (χ2v) is 12.0. The number of fused-ring (bicyclic) bond motifs is 2. The SMILES string of the molecule is c1ccc2c(C3(SC4(c5cccc6ccccc56)CCCCC4)CCCCC3)cccc2c1. The largest absolute Gasteiger partial charge is 0.139 e. The quantitative estimate of drug-likeness (QED) is 0.298. The first-order valence-electron chi connectivity index (χ1n) is 13.0. The molecule has 2 aliphatic rings. The smallest absolute Gasteiger partial charge is 0.0423 e. The molecule has 4 aromatic carbocycles. The summed E-state index contributed by atoms with van der Waals surface area (Å²) in [5.74, 6) is 0. The summed E-state index contributed by atoms with van der Waals surface area (Å²) in [6.07, 6.45) is 13.4. The van der Waals surface area contributed by atoms with Crippen LogP contribution in [0, 0.1) is 0 Å². The minimum atomic E-state index is 0.202. The van der Waals surface area contributed by atoms with Crippen molar-refractivity contribution in [1.29, 1.82) is 0 Å². The molecule has 2 saturated carbocycles. The maximum atomic E-state index is 2.46.